The molecular weight excluding hydrogens is 411 g/mol. The normalized spacial score (nSPS) is 17.6. The van der Waals surface area contributed by atoms with Crippen molar-refractivity contribution in [3.8, 4) is 0 Å². The molecule has 0 saturated carbocycles. The summed E-state index contributed by atoms with van der Waals surface area (Å²) in [5, 5.41) is 5.93. The number of sulfonamides is 1. The molecule has 152 valence electrons. The van der Waals surface area contributed by atoms with Crippen LogP contribution in [0, 0.1) is 19.7 Å². The zero-order valence-corrected chi connectivity index (χ0v) is 17.7. The van der Waals surface area contributed by atoms with Gasteiger partial charge in [-0.3, -0.25) is 4.98 Å². The Balaban J connectivity index is 1.57. The van der Waals surface area contributed by atoms with Gasteiger partial charge in [0.25, 0.3) is 0 Å². The van der Waals surface area contributed by atoms with Crippen LogP contribution in [-0.2, 0) is 10.0 Å². The van der Waals surface area contributed by atoms with E-state index in [9.17, 15) is 12.8 Å². The van der Waals surface area contributed by atoms with Gasteiger partial charge in [-0.15, -0.1) is 11.3 Å². The van der Waals surface area contributed by atoms with E-state index >= 15 is 0 Å². The van der Waals surface area contributed by atoms with Gasteiger partial charge in [0.2, 0.25) is 10.0 Å². The molecule has 1 atom stereocenters. The molecule has 0 bridgehead atoms. The molecule has 1 saturated heterocycles. The first-order valence-electron chi connectivity index (χ1n) is 9.24. The molecule has 1 aromatic carbocycles. The van der Waals surface area contributed by atoms with Gasteiger partial charge in [0, 0.05) is 47.7 Å². The summed E-state index contributed by atoms with van der Waals surface area (Å²) in [7, 11) is -3.89. The van der Waals surface area contributed by atoms with E-state index in [-0.39, 0.29) is 17.4 Å². The molecule has 29 heavy (non-hydrogen) atoms. The minimum Gasteiger partial charge on any atom is -0.331 e. The van der Waals surface area contributed by atoms with E-state index in [1.54, 1.807) is 19.2 Å². The lowest BCUT2D eigenvalue weighted by atomic mass is 10.0. The van der Waals surface area contributed by atoms with E-state index in [0.717, 1.165) is 22.2 Å². The Kier molecular flexibility index (Phi) is 5.37. The molecular formula is C20H21FN4O2S2. The maximum Gasteiger partial charge on any atom is 0.246 e. The van der Waals surface area contributed by atoms with Gasteiger partial charge in [-0.2, -0.15) is 4.31 Å². The van der Waals surface area contributed by atoms with Crippen LogP contribution >= 0.6 is 11.3 Å². The number of benzene rings is 1. The number of aromatic nitrogens is 2. The van der Waals surface area contributed by atoms with Crippen molar-refractivity contribution in [2.75, 3.05) is 18.4 Å². The van der Waals surface area contributed by atoms with E-state index in [1.807, 2.05) is 24.4 Å². The van der Waals surface area contributed by atoms with Gasteiger partial charge in [-0.25, -0.2) is 17.8 Å². The number of hydrogen-bond donors (Lipinski definition) is 1. The number of halogens is 1. The fourth-order valence-corrected chi connectivity index (χ4v) is 5.72. The van der Waals surface area contributed by atoms with Crippen LogP contribution in [0.25, 0.3) is 0 Å². The number of pyridine rings is 1. The van der Waals surface area contributed by atoms with Gasteiger partial charge in [0.15, 0.2) is 5.13 Å². The minimum absolute atomic E-state index is 0.0469. The Bertz CT molecular complexity index is 1130. The highest BCUT2D eigenvalue weighted by molar-refractivity contribution is 7.89. The molecule has 3 aromatic rings. The Morgan fingerprint density at radius 3 is 2.83 bits per heavy atom. The Morgan fingerprint density at radius 1 is 1.24 bits per heavy atom. The predicted octanol–water partition coefficient (Wildman–Crippen LogP) is 4.22. The first-order valence-corrected chi connectivity index (χ1v) is 11.6. The van der Waals surface area contributed by atoms with Crippen LogP contribution in [0.1, 0.15) is 29.3 Å². The average Bonchev–Trinajstić information content (AvgIpc) is 3.35. The number of aryl methyl sites for hydroxylation is 2. The fourth-order valence-electron chi connectivity index (χ4n) is 3.52. The summed E-state index contributed by atoms with van der Waals surface area (Å²) in [5.74, 6) is -0.767. The van der Waals surface area contributed by atoms with E-state index in [2.05, 4.69) is 15.3 Å². The van der Waals surface area contributed by atoms with E-state index in [0.29, 0.717) is 18.5 Å². The summed E-state index contributed by atoms with van der Waals surface area (Å²) in [5.41, 5.74) is 3.24. The van der Waals surface area contributed by atoms with Gasteiger partial charge in [-0.05, 0) is 50.1 Å². The van der Waals surface area contributed by atoms with Crippen molar-refractivity contribution in [3.05, 3.63) is 64.7 Å². The highest BCUT2D eigenvalue weighted by Crippen LogP contribution is 2.33. The van der Waals surface area contributed by atoms with Crippen LogP contribution < -0.4 is 5.32 Å². The molecule has 9 heteroatoms. The molecule has 4 rings (SSSR count). The van der Waals surface area contributed by atoms with E-state index in [4.69, 9.17) is 0 Å². The summed E-state index contributed by atoms with van der Waals surface area (Å²) >= 11 is 1.50. The lowest BCUT2D eigenvalue weighted by Gasteiger charge is -2.18. The standard InChI is InChI=1S/C20H21FN4O2S2/c1-13-3-4-17(21)19(9-13)29(26,27)25-7-5-15(12-25)18-11-16(10-14(2)23-18)24-20-22-6-8-28-20/h3-4,6,8-11,15H,5,7,12H2,1-2H3,(H,22,23,24)/t15-/m1/s1. The van der Waals surface area contributed by atoms with E-state index < -0.39 is 15.8 Å². The van der Waals surface area contributed by atoms with Crippen molar-refractivity contribution in [3.63, 3.8) is 0 Å². The van der Waals surface area contributed by atoms with Crippen LogP contribution in [0.2, 0.25) is 0 Å². The van der Waals surface area contributed by atoms with Crippen molar-refractivity contribution in [2.24, 2.45) is 0 Å². The third-order valence-corrected chi connectivity index (χ3v) is 7.50. The highest BCUT2D eigenvalue weighted by Gasteiger charge is 2.35. The van der Waals surface area contributed by atoms with Gasteiger partial charge >= 0.3 is 0 Å². The molecule has 0 amide bonds. The number of nitrogens with zero attached hydrogens (tertiary/aromatic N) is 3. The van der Waals surface area contributed by atoms with Crippen LogP contribution in [0.15, 0.2) is 46.8 Å². The maximum atomic E-state index is 14.2. The second kappa shape index (κ2) is 7.81. The van der Waals surface area contributed by atoms with Crippen LogP contribution in [0.4, 0.5) is 15.2 Å². The summed E-state index contributed by atoms with van der Waals surface area (Å²) in [6.07, 6.45) is 2.37. The topological polar surface area (TPSA) is 75.2 Å². The van der Waals surface area contributed by atoms with Crippen LogP contribution in [-0.4, -0.2) is 35.8 Å². The third-order valence-electron chi connectivity index (χ3n) is 4.93. The predicted molar refractivity (Wildman–Crippen MR) is 112 cm³/mol. The first kappa shape index (κ1) is 19.9. The smallest absolute Gasteiger partial charge is 0.246 e. The van der Waals surface area contributed by atoms with Crippen molar-refractivity contribution in [1.29, 1.82) is 0 Å². The number of nitrogens with one attached hydrogen (secondary N) is 1. The Hall–Kier alpha value is -2.36. The first-order chi connectivity index (χ1) is 13.8. The maximum absolute atomic E-state index is 14.2. The molecule has 6 nitrogen and oxygen atoms in total. The van der Waals surface area contributed by atoms with Gasteiger partial charge in [0.1, 0.15) is 10.7 Å². The molecule has 0 unspecified atom stereocenters. The largest absolute Gasteiger partial charge is 0.331 e. The third kappa shape index (κ3) is 4.17. The molecule has 1 fully saturated rings. The van der Waals surface area contributed by atoms with Gasteiger partial charge in [0.05, 0.1) is 0 Å². The fraction of sp³-hybridized carbons (Fsp3) is 0.300. The summed E-state index contributed by atoms with van der Waals surface area (Å²) in [6, 6.07) is 8.01. The molecule has 0 aliphatic carbocycles. The molecule has 0 radical (unpaired) electrons. The van der Waals surface area contributed by atoms with Crippen molar-refractivity contribution in [1.82, 2.24) is 14.3 Å². The molecule has 1 aliphatic rings. The SMILES string of the molecule is Cc1ccc(F)c(S(=O)(=O)N2CC[C@@H](c3cc(Nc4nccs4)cc(C)n3)C2)c1. The molecule has 2 aromatic heterocycles. The Labute approximate surface area is 173 Å². The highest BCUT2D eigenvalue weighted by atomic mass is 32.2. The lowest BCUT2D eigenvalue weighted by Crippen LogP contribution is -2.29. The second-order valence-corrected chi connectivity index (χ2v) is 9.97. The zero-order valence-electron chi connectivity index (χ0n) is 16.1. The summed E-state index contributed by atoms with van der Waals surface area (Å²) < 4.78 is 41.5. The van der Waals surface area contributed by atoms with Crippen molar-refractivity contribution >= 4 is 32.2 Å². The van der Waals surface area contributed by atoms with Gasteiger partial charge in [-0.1, -0.05) is 6.07 Å². The number of hydrogen-bond acceptors (Lipinski definition) is 6. The monoisotopic (exact) mass is 432 g/mol. The second-order valence-electron chi connectivity index (χ2n) is 7.17. The summed E-state index contributed by atoms with van der Waals surface area (Å²) in [6.45, 7) is 4.27. The average molecular weight is 433 g/mol. The quantitative estimate of drug-likeness (QED) is 0.654. The van der Waals surface area contributed by atoms with Gasteiger partial charge < -0.3 is 5.32 Å². The molecule has 3 heterocycles. The van der Waals surface area contributed by atoms with Crippen molar-refractivity contribution in [2.45, 2.75) is 31.1 Å². The number of anilines is 2. The van der Waals surface area contributed by atoms with E-state index in [1.165, 1.54) is 27.8 Å². The minimum atomic E-state index is -3.89. The zero-order chi connectivity index (χ0) is 20.6. The number of thiazole rings is 1. The van der Waals surface area contributed by atoms with Crippen molar-refractivity contribution < 1.29 is 12.8 Å². The molecule has 1 aliphatic heterocycles. The molecule has 1 N–H and O–H groups in total. The molecule has 0 spiro atoms. The number of rotatable bonds is 5. The summed E-state index contributed by atoms with van der Waals surface area (Å²) in [4.78, 5) is 8.58. The Morgan fingerprint density at radius 2 is 2.07 bits per heavy atom. The lowest BCUT2D eigenvalue weighted by molar-refractivity contribution is 0.464. The van der Waals surface area contributed by atoms with Crippen LogP contribution in [0.3, 0.4) is 0 Å². The van der Waals surface area contributed by atoms with Crippen LogP contribution in [0.5, 0.6) is 0 Å².